The van der Waals surface area contributed by atoms with Crippen LogP contribution < -0.4 is 4.90 Å². The lowest BCUT2D eigenvalue weighted by atomic mass is 10.1. The van der Waals surface area contributed by atoms with Crippen LogP contribution in [0, 0.1) is 5.92 Å². The quantitative estimate of drug-likeness (QED) is 0.691. The Bertz CT molecular complexity index is 492. The molecule has 0 spiro atoms. The van der Waals surface area contributed by atoms with Crippen molar-refractivity contribution in [1.82, 2.24) is 0 Å². The van der Waals surface area contributed by atoms with Gasteiger partial charge >= 0.3 is 6.18 Å². The van der Waals surface area contributed by atoms with Gasteiger partial charge in [-0.05, 0) is 18.2 Å². The average molecular weight is 401 g/mol. The van der Waals surface area contributed by atoms with Crippen LogP contribution in [0.4, 0.5) is 18.9 Å². The second-order valence-corrected chi connectivity index (χ2v) is 5.95. The summed E-state index contributed by atoms with van der Waals surface area (Å²) in [7, 11) is 0. The highest BCUT2D eigenvalue weighted by Gasteiger charge is 2.39. The number of carbonyl (C=O) groups excluding carboxylic acids is 1. The molecule has 0 aromatic heterocycles. The summed E-state index contributed by atoms with van der Waals surface area (Å²) < 4.78 is 38.0. The van der Waals surface area contributed by atoms with Crippen molar-refractivity contribution in [2.24, 2.45) is 5.92 Å². The molecule has 7 heteroatoms. The van der Waals surface area contributed by atoms with Crippen LogP contribution in [0.25, 0.3) is 0 Å². The van der Waals surface area contributed by atoms with Crippen molar-refractivity contribution in [3.05, 3.63) is 29.8 Å². The van der Waals surface area contributed by atoms with E-state index in [1.165, 1.54) is 17.0 Å². The van der Waals surface area contributed by atoms with Crippen molar-refractivity contribution < 1.29 is 18.0 Å². The summed E-state index contributed by atoms with van der Waals surface area (Å²) in [6.45, 7) is 0.404. The van der Waals surface area contributed by atoms with Crippen molar-refractivity contribution in [2.75, 3.05) is 16.8 Å². The smallest absolute Gasteiger partial charge is 0.311 e. The van der Waals surface area contributed by atoms with Gasteiger partial charge in [0.2, 0.25) is 5.91 Å². The summed E-state index contributed by atoms with van der Waals surface area (Å²) >= 11 is 6.58. The summed E-state index contributed by atoms with van der Waals surface area (Å²) in [4.78, 5) is 13.0. The van der Waals surface area contributed by atoms with Crippen molar-refractivity contribution in [3.8, 4) is 0 Å². The van der Waals surface area contributed by atoms with E-state index in [0.717, 1.165) is 12.1 Å². The average Bonchev–Trinajstić information content (AvgIpc) is 2.65. The van der Waals surface area contributed by atoms with Gasteiger partial charge in [0, 0.05) is 23.5 Å². The maximum absolute atomic E-state index is 12.7. The molecule has 1 saturated heterocycles. The molecular weight excluding hydrogens is 391 g/mol. The number of nitrogens with zero attached hydrogens (tertiary/aromatic N) is 1. The fraction of sp³-hybridized carbons (Fsp3) is 0.417. The Morgan fingerprint density at radius 1 is 1.37 bits per heavy atom. The molecule has 1 aromatic carbocycles. The zero-order valence-corrected chi connectivity index (χ0v) is 12.8. The molecule has 0 radical (unpaired) electrons. The third kappa shape index (κ3) is 2.97. The molecule has 2 nitrogen and oxygen atoms in total. The third-order valence-corrected chi connectivity index (χ3v) is 4.99. The zero-order valence-electron chi connectivity index (χ0n) is 9.62. The van der Waals surface area contributed by atoms with Gasteiger partial charge in [0.1, 0.15) is 0 Å². The van der Waals surface area contributed by atoms with E-state index < -0.39 is 11.7 Å². The monoisotopic (exact) mass is 399 g/mol. The largest absolute Gasteiger partial charge is 0.416 e. The minimum atomic E-state index is -4.40. The minimum Gasteiger partial charge on any atom is -0.311 e. The number of alkyl halides is 5. The van der Waals surface area contributed by atoms with E-state index in [1.807, 2.05) is 0 Å². The van der Waals surface area contributed by atoms with Gasteiger partial charge < -0.3 is 4.90 Å². The second-order valence-electron chi connectivity index (χ2n) is 4.31. The number of halogens is 5. The molecule has 104 valence electrons. The molecule has 1 aromatic rings. The number of benzene rings is 1. The van der Waals surface area contributed by atoms with Gasteiger partial charge in [-0.15, -0.1) is 0 Å². The van der Waals surface area contributed by atoms with Crippen molar-refractivity contribution in [1.29, 1.82) is 0 Å². The molecule has 0 saturated carbocycles. The van der Waals surface area contributed by atoms with E-state index in [-0.39, 0.29) is 22.3 Å². The predicted molar refractivity (Wildman–Crippen MR) is 73.8 cm³/mol. The van der Waals surface area contributed by atoms with E-state index in [9.17, 15) is 18.0 Å². The molecule has 1 aliphatic rings. The predicted octanol–water partition coefficient (Wildman–Crippen LogP) is 3.83. The highest BCUT2D eigenvalue weighted by atomic mass is 79.9. The van der Waals surface area contributed by atoms with Crippen LogP contribution in [0.2, 0.25) is 0 Å². The molecular formula is C12H10Br2F3NO. The van der Waals surface area contributed by atoms with E-state index in [2.05, 4.69) is 31.9 Å². The fourth-order valence-corrected chi connectivity index (χ4v) is 3.66. The first-order valence-corrected chi connectivity index (χ1v) is 7.57. The second kappa shape index (κ2) is 5.44. The van der Waals surface area contributed by atoms with Crippen molar-refractivity contribution >= 4 is 43.5 Å². The lowest BCUT2D eigenvalue weighted by Crippen LogP contribution is -2.27. The molecule has 1 aliphatic heterocycles. The Morgan fingerprint density at radius 3 is 2.58 bits per heavy atom. The fourth-order valence-electron chi connectivity index (χ4n) is 1.98. The van der Waals surface area contributed by atoms with Crippen LogP contribution in [0.5, 0.6) is 0 Å². The molecule has 1 amide bonds. The SMILES string of the molecule is O=C1C(Br)C(CBr)CN1c1cccc(C(F)(F)F)c1. The Labute approximate surface area is 125 Å². The van der Waals surface area contributed by atoms with Crippen LogP contribution in [0.3, 0.4) is 0 Å². The number of hydrogen-bond acceptors (Lipinski definition) is 1. The van der Waals surface area contributed by atoms with Crippen molar-refractivity contribution in [2.45, 2.75) is 11.0 Å². The Balaban J connectivity index is 2.31. The standard InChI is InChI=1S/C12H10Br2F3NO/c13-5-7-6-18(11(19)10(7)14)9-3-1-2-8(4-9)12(15,16)17/h1-4,7,10H,5-6H2. The van der Waals surface area contributed by atoms with Gasteiger partial charge in [0.15, 0.2) is 0 Å². The summed E-state index contributed by atoms with van der Waals surface area (Å²) in [5, 5.41) is 0.615. The van der Waals surface area contributed by atoms with Gasteiger partial charge in [-0.3, -0.25) is 4.79 Å². The summed E-state index contributed by atoms with van der Waals surface area (Å²) in [5.41, 5.74) is -0.459. The molecule has 1 fully saturated rings. The number of hydrogen-bond donors (Lipinski definition) is 0. The van der Waals surface area contributed by atoms with Crippen LogP contribution in [0.1, 0.15) is 5.56 Å². The summed E-state index contributed by atoms with van der Waals surface area (Å²) in [5.74, 6) is -0.161. The highest BCUT2D eigenvalue weighted by Crippen LogP contribution is 2.35. The van der Waals surface area contributed by atoms with E-state index in [4.69, 9.17) is 0 Å². The zero-order chi connectivity index (χ0) is 14.2. The number of anilines is 1. The van der Waals surface area contributed by atoms with Crippen LogP contribution in [-0.2, 0) is 11.0 Å². The molecule has 2 unspecified atom stereocenters. The van der Waals surface area contributed by atoms with Gasteiger partial charge in [-0.1, -0.05) is 37.9 Å². The lowest BCUT2D eigenvalue weighted by Gasteiger charge is -2.18. The normalized spacial score (nSPS) is 24.1. The lowest BCUT2D eigenvalue weighted by molar-refractivity contribution is -0.137. The van der Waals surface area contributed by atoms with Crippen LogP contribution in [0.15, 0.2) is 24.3 Å². The first-order chi connectivity index (χ1) is 8.84. The van der Waals surface area contributed by atoms with Crippen molar-refractivity contribution in [3.63, 3.8) is 0 Å². The Hall–Kier alpha value is -0.560. The molecule has 0 bridgehead atoms. The Kier molecular flexibility index (Phi) is 4.25. The molecule has 1 heterocycles. The topological polar surface area (TPSA) is 20.3 Å². The van der Waals surface area contributed by atoms with Gasteiger partial charge in [-0.25, -0.2) is 0 Å². The molecule has 0 N–H and O–H groups in total. The van der Waals surface area contributed by atoms with E-state index in [0.29, 0.717) is 11.9 Å². The first-order valence-electron chi connectivity index (χ1n) is 5.53. The molecule has 2 atom stereocenters. The maximum Gasteiger partial charge on any atom is 0.416 e. The summed E-state index contributed by atoms with van der Waals surface area (Å²) in [6.07, 6.45) is -4.40. The first kappa shape index (κ1) is 14.8. The number of amides is 1. The van der Waals surface area contributed by atoms with Gasteiger partial charge in [0.25, 0.3) is 0 Å². The molecule has 19 heavy (non-hydrogen) atoms. The third-order valence-electron chi connectivity index (χ3n) is 3.02. The van der Waals surface area contributed by atoms with Crippen LogP contribution in [-0.4, -0.2) is 22.6 Å². The van der Waals surface area contributed by atoms with E-state index in [1.54, 1.807) is 0 Å². The van der Waals surface area contributed by atoms with Crippen LogP contribution >= 0.6 is 31.9 Å². The van der Waals surface area contributed by atoms with Gasteiger partial charge in [-0.2, -0.15) is 13.2 Å². The minimum absolute atomic E-state index is 0.0436. The van der Waals surface area contributed by atoms with E-state index >= 15 is 0 Å². The number of rotatable bonds is 2. The number of carbonyl (C=O) groups is 1. The molecule has 0 aliphatic carbocycles. The van der Waals surface area contributed by atoms with Gasteiger partial charge in [0.05, 0.1) is 10.4 Å². The highest BCUT2D eigenvalue weighted by molar-refractivity contribution is 9.10. The maximum atomic E-state index is 12.7. The molecule has 2 rings (SSSR count). The Morgan fingerprint density at radius 2 is 2.05 bits per heavy atom. The summed E-state index contributed by atoms with van der Waals surface area (Å²) in [6, 6.07) is 4.84.